The van der Waals surface area contributed by atoms with Crippen molar-refractivity contribution in [3.63, 3.8) is 0 Å². The van der Waals surface area contributed by atoms with Crippen molar-refractivity contribution in [1.82, 2.24) is 0 Å². The highest BCUT2D eigenvalue weighted by atomic mass is 19.4. The lowest BCUT2D eigenvalue weighted by Crippen LogP contribution is -2.60. The van der Waals surface area contributed by atoms with Gasteiger partial charge in [0.2, 0.25) is 0 Å². The third kappa shape index (κ3) is 4.56. The summed E-state index contributed by atoms with van der Waals surface area (Å²) >= 11 is 0. The molecule has 1 fully saturated rings. The van der Waals surface area contributed by atoms with Gasteiger partial charge in [-0.15, -0.1) is 0 Å². The molecule has 0 atom stereocenters. The van der Waals surface area contributed by atoms with E-state index < -0.39 is 81.1 Å². The van der Waals surface area contributed by atoms with Crippen LogP contribution >= 0.6 is 0 Å². The van der Waals surface area contributed by atoms with Crippen molar-refractivity contribution < 1.29 is 75.7 Å². The van der Waals surface area contributed by atoms with Crippen LogP contribution in [0.1, 0.15) is 0 Å². The minimum absolute atomic E-state index is 0.963. The van der Waals surface area contributed by atoms with Crippen molar-refractivity contribution in [3.8, 4) is 0 Å². The van der Waals surface area contributed by atoms with Crippen LogP contribution in [0.25, 0.3) is 0 Å². The summed E-state index contributed by atoms with van der Waals surface area (Å²) in [6.07, 6.45) is -12.1. The Kier molecular flexibility index (Phi) is 7.28. The summed E-state index contributed by atoms with van der Waals surface area (Å²) in [6.45, 7) is -12.1. The molecular formula is C13H12F14O3. The quantitative estimate of drug-likeness (QED) is 0.378. The molecule has 0 radical (unpaired) electrons. The van der Waals surface area contributed by atoms with E-state index in [-0.39, 0.29) is 0 Å². The maximum Gasteiger partial charge on any atom is 0.425 e. The van der Waals surface area contributed by atoms with Crippen LogP contribution in [0.5, 0.6) is 0 Å². The average molecular weight is 482 g/mol. The number of ether oxygens (including phenoxy) is 3. The minimum atomic E-state index is -6.42. The summed E-state index contributed by atoms with van der Waals surface area (Å²) in [5.41, 5.74) is -2.35. The summed E-state index contributed by atoms with van der Waals surface area (Å²) < 4.78 is 191. The van der Waals surface area contributed by atoms with E-state index in [9.17, 15) is 61.5 Å². The summed E-state index contributed by atoms with van der Waals surface area (Å²) in [6, 6.07) is 0. The molecule has 1 aliphatic rings. The number of rotatable bonds is 12. The second-order valence-corrected chi connectivity index (χ2v) is 6.43. The van der Waals surface area contributed by atoms with Crippen LogP contribution in [-0.4, -0.2) is 75.7 Å². The van der Waals surface area contributed by atoms with Gasteiger partial charge in [-0.3, -0.25) is 0 Å². The first-order valence-electron chi connectivity index (χ1n) is 7.49. The first-order chi connectivity index (χ1) is 13.2. The van der Waals surface area contributed by atoms with Gasteiger partial charge >= 0.3 is 35.9 Å². The molecule has 0 unspecified atom stereocenters. The molecule has 3 nitrogen and oxygen atoms in total. The SMILES string of the molecule is FCC(F)(F)C(F)(F)C(F)(F)OCC1(COC(F)(F)C(F)(F)C(F)(F)CF)COC1. The lowest BCUT2D eigenvalue weighted by Gasteiger charge is -2.43. The van der Waals surface area contributed by atoms with Crippen molar-refractivity contribution in [1.29, 1.82) is 0 Å². The summed E-state index contributed by atoms with van der Waals surface area (Å²) in [5, 5.41) is 0. The largest absolute Gasteiger partial charge is 0.425 e. The molecule has 0 aromatic rings. The molecule has 30 heavy (non-hydrogen) atoms. The number of hydrogen-bond donors (Lipinski definition) is 0. The van der Waals surface area contributed by atoms with E-state index in [0.717, 1.165) is 0 Å². The highest BCUT2D eigenvalue weighted by Gasteiger charge is 2.75. The number of hydrogen-bond acceptors (Lipinski definition) is 3. The monoisotopic (exact) mass is 482 g/mol. The van der Waals surface area contributed by atoms with Gasteiger partial charge in [0.05, 0.1) is 31.8 Å². The molecular weight excluding hydrogens is 470 g/mol. The average Bonchev–Trinajstić information content (AvgIpc) is 2.59. The van der Waals surface area contributed by atoms with Crippen molar-refractivity contribution in [2.75, 3.05) is 39.8 Å². The molecule has 0 amide bonds. The Morgan fingerprint density at radius 2 is 0.900 bits per heavy atom. The van der Waals surface area contributed by atoms with Gasteiger partial charge < -0.3 is 14.2 Å². The Bertz CT molecular complexity index is 544. The molecule has 1 aliphatic heterocycles. The second kappa shape index (κ2) is 8.11. The zero-order chi connectivity index (χ0) is 23.9. The predicted molar refractivity (Wildman–Crippen MR) is 66.8 cm³/mol. The van der Waals surface area contributed by atoms with Gasteiger partial charge in [-0.2, -0.15) is 52.7 Å². The molecule has 1 heterocycles. The van der Waals surface area contributed by atoms with Crippen molar-refractivity contribution >= 4 is 0 Å². The van der Waals surface area contributed by atoms with Crippen molar-refractivity contribution in [2.45, 2.75) is 35.9 Å². The molecule has 0 saturated carbocycles. The molecule has 0 aromatic heterocycles. The Hall–Kier alpha value is -1.10. The van der Waals surface area contributed by atoms with Gasteiger partial charge in [0.25, 0.3) is 0 Å². The molecule has 0 N–H and O–H groups in total. The molecule has 0 aromatic carbocycles. The van der Waals surface area contributed by atoms with Gasteiger partial charge in [0.1, 0.15) is 0 Å². The Morgan fingerprint density at radius 3 is 1.10 bits per heavy atom. The van der Waals surface area contributed by atoms with Crippen molar-refractivity contribution in [2.24, 2.45) is 5.41 Å². The normalized spacial score (nSPS) is 19.0. The highest BCUT2D eigenvalue weighted by Crippen LogP contribution is 2.49. The molecule has 1 rings (SSSR count). The molecule has 0 spiro atoms. The molecule has 0 bridgehead atoms. The second-order valence-electron chi connectivity index (χ2n) is 6.43. The summed E-state index contributed by atoms with van der Waals surface area (Å²) in [7, 11) is 0. The van der Waals surface area contributed by atoms with Crippen LogP contribution in [0.3, 0.4) is 0 Å². The Balaban J connectivity index is 2.90. The van der Waals surface area contributed by atoms with Crippen LogP contribution in [0, 0.1) is 5.41 Å². The fraction of sp³-hybridized carbons (Fsp3) is 1.00. The smallest absolute Gasteiger partial charge is 0.380 e. The van der Waals surface area contributed by atoms with Crippen LogP contribution in [-0.2, 0) is 14.2 Å². The highest BCUT2D eigenvalue weighted by molar-refractivity contribution is 4.95. The zero-order valence-electron chi connectivity index (χ0n) is 14.3. The fourth-order valence-corrected chi connectivity index (χ4v) is 1.86. The van der Waals surface area contributed by atoms with Gasteiger partial charge in [-0.25, -0.2) is 8.78 Å². The third-order valence-electron chi connectivity index (χ3n) is 3.92. The third-order valence-corrected chi connectivity index (χ3v) is 3.92. The van der Waals surface area contributed by atoms with E-state index in [1.807, 2.05) is 0 Å². The fourth-order valence-electron chi connectivity index (χ4n) is 1.86. The van der Waals surface area contributed by atoms with E-state index in [1.54, 1.807) is 0 Å². The summed E-state index contributed by atoms with van der Waals surface area (Å²) in [5.74, 6) is -24.6. The van der Waals surface area contributed by atoms with Crippen molar-refractivity contribution in [3.05, 3.63) is 0 Å². The Morgan fingerprint density at radius 1 is 0.600 bits per heavy atom. The standard InChI is InChI=1S/C13H12F14O3/c14-1-8(16,17)10(20,21)12(24,25)29-5-7(3-28-4-7)6-30-13(26,27)11(22,23)9(18,19)2-15/h1-6H2. The molecule has 17 heteroatoms. The van der Waals surface area contributed by atoms with E-state index >= 15 is 0 Å². The minimum Gasteiger partial charge on any atom is -0.380 e. The first-order valence-corrected chi connectivity index (χ1v) is 7.49. The van der Waals surface area contributed by atoms with Gasteiger partial charge in [-0.1, -0.05) is 0 Å². The van der Waals surface area contributed by atoms with Gasteiger partial charge in [0, 0.05) is 0 Å². The van der Waals surface area contributed by atoms with Crippen LogP contribution in [0.2, 0.25) is 0 Å². The maximum atomic E-state index is 13.3. The lowest BCUT2D eigenvalue weighted by molar-refractivity contribution is -0.421. The zero-order valence-corrected chi connectivity index (χ0v) is 14.3. The number of alkyl halides is 14. The maximum absolute atomic E-state index is 13.3. The first kappa shape index (κ1) is 26.9. The Labute approximate surface area is 158 Å². The molecule has 0 aliphatic carbocycles. The molecule has 180 valence electrons. The lowest BCUT2D eigenvalue weighted by atomic mass is 9.88. The van der Waals surface area contributed by atoms with E-state index in [0.29, 0.717) is 0 Å². The van der Waals surface area contributed by atoms with Gasteiger partial charge in [0.15, 0.2) is 13.3 Å². The van der Waals surface area contributed by atoms with Crippen LogP contribution in [0.4, 0.5) is 61.5 Å². The van der Waals surface area contributed by atoms with Crippen LogP contribution < -0.4 is 0 Å². The molecule has 1 saturated heterocycles. The van der Waals surface area contributed by atoms with Gasteiger partial charge in [-0.05, 0) is 0 Å². The predicted octanol–water partition coefficient (Wildman–Crippen LogP) is 4.70. The number of halogens is 14. The van der Waals surface area contributed by atoms with E-state index in [2.05, 4.69) is 14.2 Å². The summed E-state index contributed by atoms with van der Waals surface area (Å²) in [4.78, 5) is 0. The van der Waals surface area contributed by atoms with E-state index in [1.165, 1.54) is 0 Å². The van der Waals surface area contributed by atoms with Crippen LogP contribution in [0.15, 0.2) is 0 Å². The van der Waals surface area contributed by atoms with E-state index in [4.69, 9.17) is 0 Å². The topological polar surface area (TPSA) is 27.7 Å².